The molecule has 3 aromatic rings. The van der Waals surface area contributed by atoms with Crippen LogP contribution in [0, 0.1) is 11.7 Å². The third-order valence-corrected chi connectivity index (χ3v) is 7.64. The zero-order valence-corrected chi connectivity index (χ0v) is 24.1. The minimum atomic E-state index is -3.58. The molecule has 0 aliphatic heterocycles. The van der Waals surface area contributed by atoms with Crippen LogP contribution in [-0.4, -0.2) is 50.5 Å². The average Bonchev–Trinajstić information content (AvgIpc) is 2.92. The summed E-state index contributed by atoms with van der Waals surface area (Å²) < 4.78 is 41.0. The molecule has 2 amide bonds. The molecule has 214 valence electrons. The lowest BCUT2D eigenvalue weighted by molar-refractivity contribution is -0.141. The van der Waals surface area contributed by atoms with Gasteiger partial charge in [0.15, 0.2) is 0 Å². The molecule has 3 aromatic carbocycles. The second kappa shape index (κ2) is 14.6. The normalized spacial score (nSPS) is 12.1. The Morgan fingerprint density at radius 3 is 2.10 bits per heavy atom. The van der Waals surface area contributed by atoms with Crippen LogP contribution in [0.3, 0.4) is 0 Å². The molecule has 0 fully saturated rings. The summed E-state index contributed by atoms with van der Waals surface area (Å²) in [5.41, 5.74) is 1.68. The number of anilines is 1. The van der Waals surface area contributed by atoms with Crippen LogP contribution in [0.15, 0.2) is 84.9 Å². The van der Waals surface area contributed by atoms with Crippen molar-refractivity contribution in [1.29, 1.82) is 0 Å². The van der Waals surface area contributed by atoms with Gasteiger partial charge in [-0.05, 0) is 36.1 Å². The predicted molar refractivity (Wildman–Crippen MR) is 157 cm³/mol. The van der Waals surface area contributed by atoms with Crippen molar-refractivity contribution in [2.75, 3.05) is 23.7 Å². The molecule has 0 saturated carbocycles. The van der Waals surface area contributed by atoms with E-state index < -0.39 is 21.9 Å². The molecule has 40 heavy (non-hydrogen) atoms. The summed E-state index contributed by atoms with van der Waals surface area (Å²) in [7, 11) is -3.58. The van der Waals surface area contributed by atoms with Crippen LogP contribution in [0.4, 0.5) is 10.1 Å². The number of sulfonamides is 1. The Morgan fingerprint density at radius 1 is 0.900 bits per heavy atom. The van der Waals surface area contributed by atoms with Gasteiger partial charge < -0.3 is 10.2 Å². The highest BCUT2D eigenvalue weighted by molar-refractivity contribution is 7.92. The van der Waals surface area contributed by atoms with Gasteiger partial charge in [-0.15, -0.1) is 0 Å². The van der Waals surface area contributed by atoms with Gasteiger partial charge >= 0.3 is 0 Å². The first-order valence-electron chi connectivity index (χ1n) is 13.4. The van der Waals surface area contributed by atoms with Crippen molar-refractivity contribution in [3.8, 4) is 0 Å². The highest BCUT2D eigenvalue weighted by atomic mass is 32.2. The van der Waals surface area contributed by atoms with Crippen molar-refractivity contribution >= 4 is 27.5 Å². The Morgan fingerprint density at radius 2 is 1.50 bits per heavy atom. The lowest BCUT2D eigenvalue weighted by Crippen LogP contribution is -2.51. The maximum Gasteiger partial charge on any atom is 0.243 e. The van der Waals surface area contributed by atoms with E-state index in [1.165, 1.54) is 15.3 Å². The molecule has 0 radical (unpaired) electrons. The number of benzene rings is 3. The summed E-state index contributed by atoms with van der Waals surface area (Å²) in [4.78, 5) is 28.7. The fourth-order valence-corrected chi connectivity index (χ4v) is 5.35. The quantitative estimate of drug-likeness (QED) is 0.304. The first kappa shape index (κ1) is 30.8. The topological polar surface area (TPSA) is 86.8 Å². The molecule has 3 rings (SSSR count). The number of hydrogen-bond acceptors (Lipinski definition) is 4. The number of hydrogen-bond donors (Lipinski definition) is 1. The van der Waals surface area contributed by atoms with E-state index in [1.54, 1.807) is 48.5 Å². The van der Waals surface area contributed by atoms with Crippen LogP contribution in [-0.2, 0) is 32.6 Å². The smallest absolute Gasteiger partial charge is 0.243 e. The summed E-state index contributed by atoms with van der Waals surface area (Å²) >= 11 is 0. The van der Waals surface area contributed by atoms with Gasteiger partial charge in [0.25, 0.3) is 0 Å². The fourth-order valence-electron chi connectivity index (χ4n) is 4.38. The summed E-state index contributed by atoms with van der Waals surface area (Å²) in [5, 5.41) is 2.94. The van der Waals surface area contributed by atoms with Gasteiger partial charge in [-0.25, -0.2) is 12.8 Å². The maximum absolute atomic E-state index is 14.7. The summed E-state index contributed by atoms with van der Waals surface area (Å²) in [6, 6.07) is 23.4. The van der Waals surface area contributed by atoms with Crippen LogP contribution in [0.1, 0.15) is 37.8 Å². The fraction of sp³-hybridized carbons (Fsp3) is 0.355. The molecule has 0 spiro atoms. The number of carbonyl (C=O) groups excluding carboxylic acids is 2. The zero-order valence-electron chi connectivity index (χ0n) is 23.3. The molecular formula is C31H38FN3O4S. The molecule has 0 aromatic heterocycles. The second-order valence-electron chi connectivity index (χ2n) is 10.2. The third-order valence-electron chi connectivity index (χ3n) is 6.45. The van der Waals surface area contributed by atoms with E-state index in [0.29, 0.717) is 17.8 Å². The van der Waals surface area contributed by atoms with E-state index in [4.69, 9.17) is 0 Å². The molecular weight excluding hydrogens is 529 g/mol. The minimum absolute atomic E-state index is 0.0178. The first-order chi connectivity index (χ1) is 19.1. The van der Waals surface area contributed by atoms with E-state index in [0.717, 1.165) is 11.8 Å². The van der Waals surface area contributed by atoms with Gasteiger partial charge in [0.2, 0.25) is 21.8 Å². The molecule has 0 bridgehead atoms. The van der Waals surface area contributed by atoms with Gasteiger partial charge in [-0.2, -0.15) is 0 Å². The first-order valence-corrected chi connectivity index (χ1v) is 15.3. The molecule has 1 atom stereocenters. The highest BCUT2D eigenvalue weighted by Crippen LogP contribution is 2.20. The second-order valence-corrected chi connectivity index (χ2v) is 12.1. The van der Waals surface area contributed by atoms with Gasteiger partial charge in [0.1, 0.15) is 11.9 Å². The molecule has 0 unspecified atom stereocenters. The Labute approximate surface area is 237 Å². The summed E-state index contributed by atoms with van der Waals surface area (Å²) in [6.45, 7) is 4.40. The van der Waals surface area contributed by atoms with Crippen molar-refractivity contribution < 1.29 is 22.4 Å². The van der Waals surface area contributed by atoms with Gasteiger partial charge in [0.05, 0.1) is 11.9 Å². The number of nitrogens with zero attached hydrogens (tertiary/aromatic N) is 2. The van der Waals surface area contributed by atoms with Crippen LogP contribution < -0.4 is 9.62 Å². The van der Waals surface area contributed by atoms with Crippen LogP contribution >= 0.6 is 0 Å². The standard InChI is InChI=1S/C31H38FN3O4S/c1-24(2)22-33-31(37)29(21-25-13-6-4-7-14-25)34(23-26-15-10-11-18-28(26)32)30(36)19-12-20-35(40(3,38)39)27-16-8-5-9-17-27/h4-11,13-18,24,29H,12,19-23H2,1-3H3,(H,33,37)/t29-/m0/s1. The number of para-hydroxylation sites is 1. The SMILES string of the molecule is CC(C)CNC(=O)[C@H](Cc1ccccc1)N(Cc1ccccc1F)C(=O)CCCN(c1ccccc1)S(C)(=O)=O. The van der Waals surface area contributed by atoms with Gasteiger partial charge in [-0.3, -0.25) is 13.9 Å². The van der Waals surface area contributed by atoms with E-state index in [9.17, 15) is 22.4 Å². The van der Waals surface area contributed by atoms with Crippen LogP contribution in [0.2, 0.25) is 0 Å². The van der Waals surface area contributed by atoms with Crippen molar-refractivity contribution in [1.82, 2.24) is 10.2 Å². The number of halogens is 1. The molecule has 9 heteroatoms. The Kier molecular flexibility index (Phi) is 11.3. The Balaban J connectivity index is 1.88. The molecule has 0 aliphatic rings. The number of carbonyl (C=O) groups is 2. The van der Waals surface area contributed by atoms with Crippen LogP contribution in [0.25, 0.3) is 0 Å². The van der Waals surface area contributed by atoms with Gasteiger partial charge in [-0.1, -0.05) is 80.6 Å². The molecule has 0 heterocycles. The molecule has 7 nitrogen and oxygen atoms in total. The van der Waals surface area contributed by atoms with E-state index in [-0.39, 0.29) is 50.1 Å². The molecule has 1 N–H and O–H groups in total. The predicted octanol–water partition coefficient (Wildman–Crippen LogP) is 4.78. The Hall–Kier alpha value is -3.72. The molecule has 0 saturated heterocycles. The maximum atomic E-state index is 14.7. The van der Waals surface area contributed by atoms with Gasteiger partial charge in [0, 0.05) is 38.0 Å². The lowest BCUT2D eigenvalue weighted by Gasteiger charge is -2.32. The number of amides is 2. The average molecular weight is 568 g/mol. The third kappa shape index (κ3) is 9.19. The monoisotopic (exact) mass is 567 g/mol. The lowest BCUT2D eigenvalue weighted by atomic mass is 10.0. The van der Waals surface area contributed by atoms with E-state index in [2.05, 4.69) is 5.32 Å². The minimum Gasteiger partial charge on any atom is -0.354 e. The van der Waals surface area contributed by atoms with Crippen molar-refractivity contribution in [3.63, 3.8) is 0 Å². The summed E-state index contributed by atoms with van der Waals surface area (Å²) in [6.07, 6.45) is 1.59. The Bertz CT molecular complexity index is 1350. The zero-order chi connectivity index (χ0) is 29.1. The van der Waals surface area contributed by atoms with E-state index >= 15 is 0 Å². The van der Waals surface area contributed by atoms with Crippen molar-refractivity contribution in [2.45, 2.75) is 45.7 Å². The van der Waals surface area contributed by atoms with E-state index in [1.807, 2.05) is 44.2 Å². The van der Waals surface area contributed by atoms with Crippen molar-refractivity contribution in [3.05, 3.63) is 102 Å². The number of rotatable bonds is 14. The molecule has 0 aliphatic carbocycles. The summed E-state index contributed by atoms with van der Waals surface area (Å²) in [5.74, 6) is -0.930. The highest BCUT2D eigenvalue weighted by Gasteiger charge is 2.31. The van der Waals surface area contributed by atoms with Crippen molar-refractivity contribution in [2.24, 2.45) is 5.92 Å². The largest absolute Gasteiger partial charge is 0.354 e. The van der Waals surface area contributed by atoms with Crippen LogP contribution in [0.5, 0.6) is 0 Å². The number of nitrogens with one attached hydrogen (secondary N) is 1.